The van der Waals surface area contributed by atoms with Gasteiger partial charge in [-0.15, -0.1) is 11.3 Å². The molecule has 1 atom stereocenters. The maximum absolute atomic E-state index is 11.9. The van der Waals surface area contributed by atoms with E-state index in [0.717, 1.165) is 29.6 Å². The second-order valence-electron chi connectivity index (χ2n) is 5.45. The van der Waals surface area contributed by atoms with E-state index in [1.54, 1.807) is 6.20 Å². The third kappa shape index (κ3) is 3.83. The van der Waals surface area contributed by atoms with Crippen molar-refractivity contribution in [1.82, 2.24) is 19.9 Å². The summed E-state index contributed by atoms with van der Waals surface area (Å²) >= 11 is 1.52. The van der Waals surface area contributed by atoms with Gasteiger partial charge in [-0.25, -0.2) is 15.0 Å². The van der Waals surface area contributed by atoms with Gasteiger partial charge >= 0.3 is 0 Å². The maximum Gasteiger partial charge on any atom is 0.248 e. The number of aryl methyl sites for hydroxylation is 1. The lowest BCUT2D eigenvalue weighted by atomic mass is 10.0. The molecule has 7 nitrogen and oxygen atoms in total. The van der Waals surface area contributed by atoms with Gasteiger partial charge in [0.1, 0.15) is 18.2 Å². The van der Waals surface area contributed by atoms with Gasteiger partial charge in [-0.05, 0) is 13.3 Å². The van der Waals surface area contributed by atoms with Crippen molar-refractivity contribution in [3.63, 3.8) is 0 Å². The maximum atomic E-state index is 11.9. The molecule has 1 saturated heterocycles. The van der Waals surface area contributed by atoms with E-state index in [9.17, 15) is 4.79 Å². The van der Waals surface area contributed by atoms with Crippen molar-refractivity contribution in [2.75, 3.05) is 32.1 Å². The Hall–Kier alpha value is -2.06. The number of carbonyl (C=O) groups is 1. The van der Waals surface area contributed by atoms with Gasteiger partial charge in [0.15, 0.2) is 5.13 Å². The highest BCUT2D eigenvalue weighted by Crippen LogP contribution is 2.28. The average Bonchev–Trinajstić information content (AvgIpc) is 3.18. The highest BCUT2D eigenvalue weighted by molar-refractivity contribution is 7.13. The van der Waals surface area contributed by atoms with E-state index in [1.165, 1.54) is 18.4 Å². The van der Waals surface area contributed by atoms with Crippen LogP contribution < -0.4 is 5.32 Å². The van der Waals surface area contributed by atoms with Gasteiger partial charge in [-0.3, -0.25) is 4.79 Å². The number of nitrogens with one attached hydrogen (secondary N) is 1. The minimum atomic E-state index is 0.0295. The fourth-order valence-electron chi connectivity index (χ4n) is 2.70. The summed E-state index contributed by atoms with van der Waals surface area (Å²) in [4.78, 5) is 26.9. The van der Waals surface area contributed by atoms with Gasteiger partial charge in [0, 0.05) is 43.8 Å². The first-order valence-corrected chi connectivity index (χ1v) is 8.32. The summed E-state index contributed by atoms with van der Waals surface area (Å²) < 4.78 is 4.92. The highest BCUT2D eigenvalue weighted by Gasteiger charge is 2.28. The number of likely N-dealkylation sites (tertiary alicyclic amines) is 1. The van der Waals surface area contributed by atoms with Crippen molar-refractivity contribution in [1.29, 1.82) is 0 Å². The predicted molar refractivity (Wildman–Crippen MR) is 88.0 cm³/mol. The Kier molecular flexibility index (Phi) is 4.82. The number of hydrogen-bond donors (Lipinski definition) is 1. The molecule has 0 spiro atoms. The quantitative estimate of drug-likeness (QED) is 0.901. The standard InChI is InChI=1S/C15H19N5O2S/c1-10-17-12(7-13(18-10)19-15-16-4-6-23-15)11-3-5-20(8-11)14(21)9-22-2/h4,6-7,11H,3,5,8-9H2,1-2H3,(H,16,17,18,19). The molecule has 23 heavy (non-hydrogen) atoms. The molecule has 3 rings (SSSR count). The Morgan fingerprint density at radius 2 is 2.39 bits per heavy atom. The molecule has 3 heterocycles. The van der Waals surface area contributed by atoms with Crippen molar-refractivity contribution in [2.24, 2.45) is 0 Å². The molecule has 2 aromatic rings. The fraction of sp³-hybridized carbons (Fsp3) is 0.467. The second kappa shape index (κ2) is 7.01. The Balaban J connectivity index is 1.73. The average molecular weight is 333 g/mol. The first-order chi connectivity index (χ1) is 11.2. The molecular weight excluding hydrogens is 314 g/mol. The molecule has 1 fully saturated rings. The van der Waals surface area contributed by atoms with Crippen molar-refractivity contribution < 1.29 is 9.53 Å². The molecule has 1 amide bonds. The lowest BCUT2D eigenvalue weighted by Crippen LogP contribution is -2.31. The van der Waals surface area contributed by atoms with E-state index in [4.69, 9.17) is 4.74 Å². The topological polar surface area (TPSA) is 80.2 Å². The first-order valence-electron chi connectivity index (χ1n) is 7.44. The number of amides is 1. The summed E-state index contributed by atoms with van der Waals surface area (Å²) in [5, 5.41) is 5.91. The molecule has 0 aromatic carbocycles. The van der Waals surface area contributed by atoms with Crippen molar-refractivity contribution in [3.05, 3.63) is 29.2 Å². The van der Waals surface area contributed by atoms with Gasteiger partial charge in [-0.2, -0.15) is 0 Å². The number of nitrogens with zero attached hydrogens (tertiary/aromatic N) is 4. The molecule has 0 aliphatic carbocycles. The molecule has 0 saturated carbocycles. The van der Waals surface area contributed by atoms with Crippen LogP contribution >= 0.6 is 11.3 Å². The lowest BCUT2D eigenvalue weighted by molar-refractivity contribution is -0.134. The molecule has 0 radical (unpaired) electrons. The van der Waals surface area contributed by atoms with Gasteiger partial charge in [-0.1, -0.05) is 0 Å². The third-order valence-electron chi connectivity index (χ3n) is 3.75. The molecule has 1 N–H and O–H groups in total. The summed E-state index contributed by atoms with van der Waals surface area (Å²) in [6.07, 6.45) is 2.65. The van der Waals surface area contributed by atoms with E-state index >= 15 is 0 Å². The normalized spacial score (nSPS) is 17.5. The van der Waals surface area contributed by atoms with E-state index in [2.05, 4.69) is 20.3 Å². The van der Waals surface area contributed by atoms with E-state index < -0.39 is 0 Å². The largest absolute Gasteiger partial charge is 0.375 e. The van der Waals surface area contributed by atoms with E-state index in [-0.39, 0.29) is 18.4 Å². The zero-order chi connectivity index (χ0) is 16.2. The molecular formula is C15H19N5O2S. The molecule has 1 aliphatic rings. The number of aromatic nitrogens is 3. The van der Waals surface area contributed by atoms with Crippen LogP contribution in [-0.4, -0.2) is 52.6 Å². The smallest absolute Gasteiger partial charge is 0.248 e. The summed E-state index contributed by atoms with van der Waals surface area (Å²) in [5.41, 5.74) is 0.962. The Morgan fingerprint density at radius 1 is 1.52 bits per heavy atom. The van der Waals surface area contributed by atoms with Gasteiger partial charge in [0.25, 0.3) is 0 Å². The number of ether oxygens (including phenoxy) is 1. The number of carbonyl (C=O) groups excluding carboxylic acids is 1. The number of hydrogen-bond acceptors (Lipinski definition) is 7. The number of methoxy groups -OCH3 is 1. The Bertz CT molecular complexity index is 677. The molecule has 8 heteroatoms. The van der Waals surface area contributed by atoms with Crippen LogP contribution in [0, 0.1) is 6.92 Å². The monoisotopic (exact) mass is 333 g/mol. The summed E-state index contributed by atoms with van der Waals surface area (Å²) in [5.74, 6) is 1.71. The predicted octanol–water partition coefficient (Wildman–Crippen LogP) is 1.95. The molecule has 0 bridgehead atoms. The minimum absolute atomic E-state index is 0.0295. The summed E-state index contributed by atoms with van der Waals surface area (Å²) in [7, 11) is 1.54. The zero-order valence-electron chi connectivity index (χ0n) is 13.2. The fourth-order valence-corrected chi connectivity index (χ4v) is 3.24. The Labute approximate surface area is 138 Å². The number of anilines is 2. The van der Waals surface area contributed by atoms with Crippen LogP contribution in [-0.2, 0) is 9.53 Å². The lowest BCUT2D eigenvalue weighted by Gasteiger charge is -2.16. The highest BCUT2D eigenvalue weighted by atomic mass is 32.1. The van der Waals surface area contributed by atoms with Crippen LogP contribution in [0.2, 0.25) is 0 Å². The SMILES string of the molecule is COCC(=O)N1CCC(c2cc(Nc3nccs3)nc(C)n2)C1. The Morgan fingerprint density at radius 3 is 3.13 bits per heavy atom. The zero-order valence-corrected chi connectivity index (χ0v) is 14.0. The van der Waals surface area contributed by atoms with Crippen molar-refractivity contribution in [2.45, 2.75) is 19.3 Å². The summed E-state index contributed by atoms with van der Waals surface area (Å²) in [6, 6.07) is 1.95. The van der Waals surface area contributed by atoms with Crippen LogP contribution in [0.15, 0.2) is 17.6 Å². The van der Waals surface area contributed by atoms with Crippen LogP contribution in [0.25, 0.3) is 0 Å². The summed E-state index contributed by atoms with van der Waals surface area (Å²) in [6.45, 7) is 3.42. The van der Waals surface area contributed by atoms with E-state index in [0.29, 0.717) is 12.4 Å². The molecule has 1 aliphatic heterocycles. The third-order valence-corrected chi connectivity index (χ3v) is 4.44. The van der Waals surface area contributed by atoms with Crippen LogP contribution in [0.5, 0.6) is 0 Å². The van der Waals surface area contributed by atoms with Crippen LogP contribution in [0.3, 0.4) is 0 Å². The molecule has 122 valence electrons. The molecule has 2 aromatic heterocycles. The second-order valence-corrected chi connectivity index (χ2v) is 6.34. The van der Waals surface area contributed by atoms with Gasteiger partial charge < -0.3 is 15.0 Å². The van der Waals surface area contributed by atoms with E-state index in [1.807, 2.05) is 23.3 Å². The van der Waals surface area contributed by atoms with Gasteiger partial charge in [0.05, 0.1) is 5.69 Å². The number of thiazole rings is 1. The van der Waals surface area contributed by atoms with Crippen molar-refractivity contribution in [3.8, 4) is 0 Å². The van der Waals surface area contributed by atoms with Crippen molar-refractivity contribution >= 4 is 28.2 Å². The minimum Gasteiger partial charge on any atom is -0.375 e. The van der Waals surface area contributed by atoms with Crippen LogP contribution in [0.1, 0.15) is 23.9 Å². The first kappa shape index (κ1) is 15.8. The van der Waals surface area contributed by atoms with Gasteiger partial charge in [0.2, 0.25) is 5.91 Å². The number of rotatable bonds is 5. The van der Waals surface area contributed by atoms with Crippen LogP contribution in [0.4, 0.5) is 10.9 Å². The molecule has 1 unspecified atom stereocenters.